The first-order valence-electron chi connectivity index (χ1n) is 7.18. The van der Waals surface area contributed by atoms with Gasteiger partial charge in [-0.1, -0.05) is 6.42 Å². The van der Waals surface area contributed by atoms with Gasteiger partial charge in [0.25, 0.3) is 0 Å². The highest BCUT2D eigenvalue weighted by atomic mass is 32.1. The Balaban J connectivity index is 1.37. The van der Waals surface area contributed by atoms with Crippen molar-refractivity contribution < 1.29 is 0 Å². The van der Waals surface area contributed by atoms with Crippen LogP contribution in [0.25, 0.3) is 0 Å². The van der Waals surface area contributed by atoms with Crippen LogP contribution in [0, 0.1) is 18.8 Å². The van der Waals surface area contributed by atoms with E-state index in [0.29, 0.717) is 0 Å². The molecule has 0 spiro atoms. The van der Waals surface area contributed by atoms with Crippen LogP contribution in [0.15, 0.2) is 5.38 Å². The molecule has 0 amide bonds. The first kappa shape index (κ1) is 12.6. The third-order valence-electron chi connectivity index (χ3n) is 4.47. The molecule has 18 heavy (non-hydrogen) atoms. The number of fused-ring (bicyclic) bond motifs is 1. The maximum absolute atomic E-state index is 4.50. The van der Waals surface area contributed by atoms with Crippen LogP contribution in [0.5, 0.6) is 0 Å². The van der Waals surface area contributed by atoms with Crippen molar-refractivity contribution >= 4 is 11.3 Å². The topological polar surface area (TPSA) is 37.0 Å². The minimum Gasteiger partial charge on any atom is -0.315 e. The second-order valence-corrected chi connectivity index (χ2v) is 6.74. The van der Waals surface area contributed by atoms with Gasteiger partial charge in [0.15, 0.2) is 0 Å². The molecule has 1 aromatic heterocycles. The smallest absolute Gasteiger partial charge is 0.0897 e. The number of nitrogens with zero attached hydrogens (tertiary/aromatic N) is 1. The molecule has 2 heterocycles. The zero-order valence-corrected chi connectivity index (χ0v) is 11.9. The molecule has 0 aromatic carbocycles. The zero-order chi connectivity index (χ0) is 12.4. The van der Waals surface area contributed by atoms with Crippen molar-refractivity contribution in [1.82, 2.24) is 15.6 Å². The van der Waals surface area contributed by atoms with Gasteiger partial charge in [-0.15, -0.1) is 11.3 Å². The van der Waals surface area contributed by atoms with Crippen molar-refractivity contribution in [3.63, 3.8) is 0 Å². The summed E-state index contributed by atoms with van der Waals surface area (Å²) in [5, 5.41) is 10.6. The predicted molar refractivity (Wildman–Crippen MR) is 76.0 cm³/mol. The molecule has 1 aliphatic carbocycles. The lowest BCUT2D eigenvalue weighted by molar-refractivity contribution is 0.394. The van der Waals surface area contributed by atoms with Crippen molar-refractivity contribution in [1.29, 1.82) is 0 Å². The van der Waals surface area contributed by atoms with Crippen molar-refractivity contribution in [3.8, 4) is 0 Å². The minimum absolute atomic E-state index is 0.717. The largest absolute Gasteiger partial charge is 0.315 e. The van der Waals surface area contributed by atoms with Crippen LogP contribution >= 0.6 is 11.3 Å². The number of hydrogen-bond acceptors (Lipinski definition) is 4. The molecule has 2 N–H and O–H groups in total. The van der Waals surface area contributed by atoms with Gasteiger partial charge in [-0.3, -0.25) is 0 Å². The van der Waals surface area contributed by atoms with E-state index in [1.165, 1.54) is 36.5 Å². The first-order chi connectivity index (χ1) is 8.83. The van der Waals surface area contributed by atoms with E-state index in [2.05, 4.69) is 27.9 Å². The molecular formula is C14H23N3S. The normalized spacial score (nSPS) is 30.8. The summed E-state index contributed by atoms with van der Waals surface area (Å²) in [6.45, 7) is 5.51. The standard InChI is InChI=1S/C14H23N3S/c1-10-17-12(9-18-10)5-6-15-8-14-13-4-2-3-11(13)7-16-14/h9,11,13-16H,2-8H2,1H3. The van der Waals surface area contributed by atoms with Gasteiger partial charge in [-0.25, -0.2) is 4.98 Å². The Morgan fingerprint density at radius 3 is 3.28 bits per heavy atom. The zero-order valence-electron chi connectivity index (χ0n) is 11.1. The van der Waals surface area contributed by atoms with Gasteiger partial charge in [-0.05, 0) is 38.1 Å². The molecular weight excluding hydrogens is 242 g/mol. The third-order valence-corrected chi connectivity index (χ3v) is 5.29. The van der Waals surface area contributed by atoms with E-state index < -0.39 is 0 Å². The number of thiazole rings is 1. The Morgan fingerprint density at radius 1 is 1.50 bits per heavy atom. The van der Waals surface area contributed by atoms with Gasteiger partial charge in [0.1, 0.15) is 0 Å². The second kappa shape index (κ2) is 5.68. The molecule has 3 nitrogen and oxygen atoms in total. The molecule has 3 rings (SSSR count). The van der Waals surface area contributed by atoms with Gasteiger partial charge >= 0.3 is 0 Å². The number of aromatic nitrogens is 1. The SMILES string of the molecule is Cc1nc(CCNCC2NCC3CCCC32)cs1. The van der Waals surface area contributed by atoms with Crippen LogP contribution in [-0.2, 0) is 6.42 Å². The van der Waals surface area contributed by atoms with Gasteiger partial charge in [-0.2, -0.15) is 0 Å². The van der Waals surface area contributed by atoms with Crippen LogP contribution in [-0.4, -0.2) is 30.7 Å². The Labute approximate surface area is 113 Å². The lowest BCUT2D eigenvalue weighted by Crippen LogP contribution is -2.38. The van der Waals surface area contributed by atoms with E-state index in [9.17, 15) is 0 Å². The summed E-state index contributed by atoms with van der Waals surface area (Å²) in [5.41, 5.74) is 1.24. The van der Waals surface area contributed by atoms with E-state index in [0.717, 1.165) is 37.4 Å². The molecule has 1 saturated carbocycles. The molecule has 4 heteroatoms. The summed E-state index contributed by atoms with van der Waals surface area (Å²) in [5.74, 6) is 1.91. The Morgan fingerprint density at radius 2 is 2.44 bits per heavy atom. The molecule has 0 radical (unpaired) electrons. The summed E-state index contributed by atoms with van der Waals surface area (Å²) in [7, 11) is 0. The average molecular weight is 265 g/mol. The van der Waals surface area contributed by atoms with Crippen molar-refractivity contribution in [3.05, 3.63) is 16.1 Å². The molecule has 0 bridgehead atoms. The van der Waals surface area contributed by atoms with Crippen LogP contribution in [0.1, 0.15) is 30.0 Å². The molecule has 1 aromatic rings. The number of nitrogens with one attached hydrogen (secondary N) is 2. The Kier molecular flexibility index (Phi) is 3.97. The van der Waals surface area contributed by atoms with Crippen molar-refractivity contribution in [2.45, 2.75) is 38.6 Å². The molecule has 3 atom stereocenters. The lowest BCUT2D eigenvalue weighted by atomic mass is 9.94. The van der Waals surface area contributed by atoms with E-state index in [1.807, 2.05) is 0 Å². The van der Waals surface area contributed by atoms with Crippen molar-refractivity contribution in [2.24, 2.45) is 11.8 Å². The highest BCUT2D eigenvalue weighted by Gasteiger charge is 2.38. The number of rotatable bonds is 5. The number of aryl methyl sites for hydroxylation is 1. The summed E-state index contributed by atoms with van der Waals surface area (Å²) in [6, 6.07) is 0.717. The van der Waals surface area contributed by atoms with E-state index >= 15 is 0 Å². The lowest BCUT2D eigenvalue weighted by Gasteiger charge is -2.18. The molecule has 1 aliphatic heterocycles. The predicted octanol–water partition coefficient (Wildman–Crippen LogP) is 1.97. The van der Waals surface area contributed by atoms with E-state index in [4.69, 9.17) is 0 Å². The molecule has 2 fully saturated rings. The van der Waals surface area contributed by atoms with Crippen LogP contribution in [0.3, 0.4) is 0 Å². The summed E-state index contributed by atoms with van der Waals surface area (Å²) in [6.07, 6.45) is 5.40. The van der Waals surface area contributed by atoms with Crippen LogP contribution in [0.2, 0.25) is 0 Å². The summed E-state index contributed by atoms with van der Waals surface area (Å²) < 4.78 is 0. The molecule has 3 unspecified atom stereocenters. The third kappa shape index (κ3) is 2.76. The van der Waals surface area contributed by atoms with Gasteiger partial charge in [0, 0.05) is 30.9 Å². The van der Waals surface area contributed by atoms with Gasteiger partial charge in [0.2, 0.25) is 0 Å². The highest BCUT2D eigenvalue weighted by molar-refractivity contribution is 7.09. The first-order valence-corrected chi connectivity index (χ1v) is 8.06. The van der Waals surface area contributed by atoms with Crippen LogP contribution in [0.4, 0.5) is 0 Å². The van der Waals surface area contributed by atoms with Crippen molar-refractivity contribution in [2.75, 3.05) is 19.6 Å². The molecule has 2 aliphatic rings. The monoisotopic (exact) mass is 265 g/mol. The summed E-state index contributed by atoms with van der Waals surface area (Å²) in [4.78, 5) is 4.50. The molecule has 1 saturated heterocycles. The maximum atomic E-state index is 4.50. The minimum atomic E-state index is 0.717. The highest BCUT2D eigenvalue weighted by Crippen LogP contribution is 2.37. The summed E-state index contributed by atoms with van der Waals surface area (Å²) >= 11 is 1.75. The van der Waals surface area contributed by atoms with E-state index in [1.54, 1.807) is 11.3 Å². The van der Waals surface area contributed by atoms with Gasteiger partial charge in [0.05, 0.1) is 10.7 Å². The van der Waals surface area contributed by atoms with Crippen LogP contribution < -0.4 is 10.6 Å². The Hall–Kier alpha value is -0.450. The second-order valence-electron chi connectivity index (χ2n) is 5.68. The van der Waals surface area contributed by atoms with E-state index in [-0.39, 0.29) is 0 Å². The Bertz CT molecular complexity index is 390. The fraction of sp³-hybridized carbons (Fsp3) is 0.786. The molecule has 100 valence electrons. The fourth-order valence-electron chi connectivity index (χ4n) is 3.52. The quantitative estimate of drug-likeness (QED) is 0.799. The number of hydrogen-bond donors (Lipinski definition) is 2. The fourth-order valence-corrected chi connectivity index (χ4v) is 4.17. The average Bonchev–Trinajstić information content (AvgIpc) is 3.02. The van der Waals surface area contributed by atoms with Gasteiger partial charge < -0.3 is 10.6 Å². The maximum Gasteiger partial charge on any atom is 0.0897 e.